The summed E-state index contributed by atoms with van der Waals surface area (Å²) in [6.07, 6.45) is 5.60. The summed E-state index contributed by atoms with van der Waals surface area (Å²) < 4.78 is 2.31. The summed E-state index contributed by atoms with van der Waals surface area (Å²) in [5.41, 5.74) is 2.37. The Morgan fingerprint density at radius 2 is 2.06 bits per heavy atom. The Bertz CT molecular complexity index is 1400. The average Bonchev–Trinajstić information content (AvgIpc) is 3.20. The Labute approximate surface area is 210 Å². The predicted molar refractivity (Wildman–Crippen MR) is 132 cm³/mol. The standard InChI is InChI=1S/C25H25BrN6O3/c1-14-3-4-21(26)28-16(14)9-19(33)17-10-25(2)11-20(25)32(17)23(35)13-31-18-12-27-7-5-15(18)24(29-31)30-8-6-22(30)34/h3-5,7,12,17,20H,6,8-11,13H2,1-2H3/t17-,20+,25-/m0/s1. The number of amides is 2. The van der Waals surface area contributed by atoms with Crippen molar-refractivity contribution in [3.63, 3.8) is 0 Å². The van der Waals surface area contributed by atoms with E-state index in [1.165, 1.54) is 0 Å². The summed E-state index contributed by atoms with van der Waals surface area (Å²) in [7, 11) is 0. The van der Waals surface area contributed by atoms with Crippen molar-refractivity contribution in [1.82, 2.24) is 24.6 Å². The molecule has 2 saturated heterocycles. The lowest BCUT2D eigenvalue weighted by molar-refractivity contribution is -0.139. The van der Waals surface area contributed by atoms with Crippen LogP contribution < -0.4 is 4.90 Å². The molecule has 3 aromatic rings. The molecule has 3 fully saturated rings. The van der Waals surface area contributed by atoms with Gasteiger partial charge in [-0.05, 0) is 58.8 Å². The van der Waals surface area contributed by atoms with Gasteiger partial charge in [-0.15, -0.1) is 0 Å². The molecule has 3 aromatic heterocycles. The van der Waals surface area contributed by atoms with Crippen molar-refractivity contribution in [3.8, 4) is 0 Å². The zero-order valence-corrected chi connectivity index (χ0v) is 21.2. The maximum Gasteiger partial charge on any atom is 0.245 e. The lowest BCUT2D eigenvalue weighted by Crippen LogP contribution is -2.45. The van der Waals surface area contributed by atoms with Crippen LogP contribution in [0.1, 0.15) is 37.4 Å². The van der Waals surface area contributed by atoms with Crippen molar-refractivity contribution in [1.29, 1.82) is 0 Å². The summed E-state index contributed by atoms with van der Waals surface area (Å²) in [6, 6.07) is 5.21. The molecule has 5 heterocycles. The van der Waals surface area contributed by atoms with Crippen molar-refractivity contribution in [2.45, 2.75) is 58.2 Å². The van der Waals surface area contributed by atoms with Gasteiger partial charge in [-0.3, -0.25) is 28.9 Å². The van der Waals surface area contributed by atoms with Crippen LogP contribution in [0.2, 0.25) is 0 Å². The van der Waals surface area contributed by atoms with Gasteiger partial charge in [0.1, 0.15) is 11.1 Å². The SMILES string of the molecule is Cc1ccc(Br)nc1CC(=O)[C@@H]1C[C@@]2(C)C[C@H]2N1C(=O)Cn1nc(N2CCC2=O)c2ccncc21. The van der Waals surface area contributed by atoms with Crippen LogP contribution in [0.25, 0.3) is 10.9 Å². The molecule has 9 nitrogen and oxygen atoms in total. The Balaban J connectivity index is 1.27. The molecule has 6 rings (SSSR count). The Kier molecular flexibility index (Phi) is 5.07. The second kappa shape index (κ2) is 7.94. The Morgan fingerprint density at radius 1 is 1.23 bits per heavy atom. The number of ketones is 1. The van der Waals surface area contributed by atoms with E-state index in [0.29, 0.717) is 35.3 Å². The zero-order valence-electron chi connectivity index (χ0n) is 19.6. The van der Waals surface area contributed by atoms with E-state index in [4.69, 9.17) is 0 Å². The molecule has 1 aliphatic carbocycles. The van der Waals surface area contributed by atoms with Gasteiger partial charge in [0.25, 0.3) is 0 Å². The van der Waals surface area contributed by atoms with Gasteiger partial charge in [-0.25, -0.2) is 4.98 Å². The molecule has 0 aromatic carbocycles. The number of β-lactam (4-membered cyclic amide) rings is 1. The number of carbonyl (C=O) groups excluding carboxylic acids is 3. The number of Topliss-reactive ketones (excluding diaryl/α,β-unsaturated/α-hetero) is 1. The maximum atomic E-state index is 13.6. The molecule has 2 aliphatic heterocycles. The van der Waals surface area contributed by atoms with Crippen LogP contribution in [0.3, 0.4) is 0 Å². The molecule has 2 amide bonds. The van der Waals surface area contributed by atoms with Crippen LogP contribution in [-0.4, -0.2) is 60.9 Å². The Morgan fingerprint density at radius 3 is 2.80 bits per heavy atom. The topological polar surface area (TPSA) is 101 Å². The van der Waals surface area contributed by atoms with Gasteiger partial charge in [0.05, 0.1) is 29.9 Å². The number of rotatable bonds is 6. The molecule has 0 N–H and O–H groups in total. The number of halogens is 1. The van der Waals surface area contributed by atoms with E-state index in [9.17, 15) is 14.4 Å². The van der Waals surface area contributed by atoms with Crippen LogP contribution in [0.4, 0.5) is 5.82 Å². The normalized spacial score (nSPS) is 25.1. The summed E-state index contributed by atoms with van der Waals surface area (Å²) in [6.45, 7) is 4.70. The van der Waals surface area contributed by atoms with Crippen molar-refractivity contribution in [3.05, 3.63) is 46.5 Å². The van der Waals surface area contributed by atoms with Crippen LogP contribution in [0, 0.1) is 12.3 Å². The van der Waals surface area contributed by atoms with E-state index < -0.39 is 6.04 Å². The fourth-order valence-corrected chi connectivity index (χ4v) is 5.83. The van der Waals surface area contributed by atoms with Gasteiger partial charge in [0.2, 0.25) is 11.8 Å². The third-order valence-electron chi connectivity index (χ3n) is 7.73. The molecule has 1 saturated carbocycles. The molecule has 10 heteroatoms. The summed E-state index contributed by atoms with van der Waals surface area (Å²) in [5, 5.41) is 5.42. The number of nitrogens with zero attached hydrogens (tertiary/aromatic N) is 6. The minimum absolute atomic E-state index is 0.00521. The molecule has 3 aliphatic rings. The fourth-order valence-electron chi connectivity index (χ4n) is 5.49. The summed E-state index contributed by atoms with van der Waals surface area (Å²) in [5.74, 6) is 0.464. The number of hydrogen-bond acceptors (Lipinski definition) is 6. The first-order valence-corrected chi connectivity index (χ1v) is 12.6. The number of pyridine rings is 2. The molecular formula is C25H25BrN6O3. The maximum absolute atomic E-state index is 13.6. The number of likely N-dealkylation sites (tertiary alicyclic amines) is 1. The van der Waals surface area contributed by atoms with Crippen molar-refractivity contribution < 1.29 is 14.4 Å². The highest BCUT2D eigenvalue weighted by Gasteiger charge is 2.64. The number of aromatic nitrogens is 4. The van der Waals surface area contributed by atoms with E-state index in [1.807, 2.05) is 25.1 Å². The molecule has 0 unspecified atom stereocenters. The molecule has 180 valence electrons. The average molecular weight is 537 g/mol. The smallest absolute Gasteiger partial charge is 0.245 e. The third-order valence-corrected chi connectivity index (χ3v) is 8.17. The van der Waals surface area contributed by atoms with Crippen molar-refractivity contribution >= 4 is 50.2 Å². The van der Waals surface area contributed by atoms with Gasteiger partial charge in [0.15, 0.2) is 11.6 Å². The minimum Gasteiger partial charge on any atom is -0.327 e. The Hall–Kier alpha value is -3.14. The summed E-state index contributed by atoms with van der Waals surface area (Å²) in [4.78, 5) is 51.2. The first kappa shape index (κ1) is 22.3. The zero-order chi connectivity index (χ0) is 24.5. The highest BCUT2D eigenvalue weighted by Crippen LogP contribution is 2.59. The molecule has 0 spiro atoms. The van der Waals surface area contributed by atoms with Crippen LogP contribution in [0.5, 0.6) is 0 Å². The van der Waals surface area contributed by atoms with Gasteiger partial charge >= 0.3 is 0 Å². The number of aryl methyl sites for hydroxylation is 1. The largest absolute Gasteiger partial charge is 0.327 e. The number of hydrogen-bond donors (Lipinski definition) is 0. The second-order valence-electron chi connectivity index (χ2n) is 10.1. The number of fused-ring (bicyclic) bond motifs is 2. The van der Waals surface area contributed by atoms with Crippen LogP contribution in [0.15, 0.2) is 35.2 Å². The van der Waals surface area contributed by atoms with Crippen LogP contribution in [-0.2, 0) is 27.3 Å². The third kappa shape index (κ3) is 3.65. The lowest BCUT2D eigenvalue weighted by Gasteiger charge is -2.28. The van der Waals surface area contributed by atoms with Crippen molar-refractivity contribution in [2.75, 3.05) is 11.4 Å². The number of anilines is 1. The highest BCUT2D eigenvalue weighted by atomic mass is 79.9. The van der Waals surface area contributed by atoms with E-state index in [1.54, 1.807) is 26.9 Å². The quantitative estimate of drug-likeness (QED) is 0.354. The van der Waals surface area contributed by atoms with Gasteiger partial charge in [0, 0.05) is 30.6 Å². The van der Waals surface area contributed by atoms with E-state index in [-0.39, 0.29) is 42.0 Å². The highest BCUT2D eigenvalue weighted by molar-refractivity contribution is 9.10. The molecular weight excluding hydrogens is 512 g/mol. The molecule has 3 atom stereocenters. The van der Waals surface area contributed by atoms with Crippen molar-refractivity contribution in [2.24, 2.45) is 5.41 Å². The fraction of sp³-hybridized carbons (Fsp3) is 0.440. The first-order chi connectivity index (χ1) is 16.7. The molecule has 0 bridgehead atoms. The second-order valence-corrected chi connectivity index (χ2v) is 10.9. The molecule has 0 radical (unpaired) electrons. The van der Waals surface area contributed by atoms with E-state index in [0.717, 1.165) is 23.1 Å². The summed E-state index contributed by atoms with van der Waals surface area (Å²) >= 11 is 3.39. The minimum atomic E-state index is -0.470. The van der Waals surface area contributed by atoms with Gasteiger partial charge < -0.3 is 4.90 Å². The van der Waals surface area contributed by atoms with Gasteiger partial charge in [-0.2, -0.15) is 5.10 Å². The first-order valence-electron chi connectivity index (χ1n) is 11.8. The lowest BCUT2D eigenvalue weighted by atomic mass is 9.96. The monoisotopic (exact) mass is 536 g/mol. The van der Waals surface area contributed by atoms with E-state index >= 15 is 0 Å². The van der Waals surface area contributed by atoms with Gasteiger partial charge in [-0.1, -0.05) is 13.0 Å². The number of piperidine rings is 1. The predicted octanol–water partition coefficient (Wildman–Crippen LogP) is 2.83. The number of carbonyl (C=O) groups is 3. The molecule has 35 heavy (non-hydrogen) atoms. The van der Waals surface area contributed by atoms with E-state index in [2.05, 4.69) is 37.9 Å². The van der Waals surface area contributed by atoms with Crippen LogP contribution >= 0.6 is 15.9 Å².